The van der Waals surface area contributed by atoms with Crippen LogP contribution in [0.3, 0.4) is 0 Å². The molecule has 134 valence electrons. The molecule has 0 atom stereocenters. The smallest absolute Gasteiger partial charge is 0.337 e. The average Bonchev–Trinajstić information content (AvgIpc) is 2.66. The zero-order chi connectivity index (χ0) is 19.1. The van der Waals surface area contributed by atoms with Crippen molar-refractivity contribution in [2.24, 2.45) is 0 Å². The zero-order valence-corrected chi connectivity index (χ0v) is 14.0. The van der Waals surface area contributed by atoms with Gasteiger partial charge < -0.3 is 14.2 Å². The van der Waals surface area contributed by atoms with Gasteiger partial charge in [-0.25, -0.2) is 9.59 Å². The molecule has 0 saturated carbocycles. The summed E-state index contributed by atoms with van der Waals surface area (Å²) in [6, 6.07) is 10.0. The van der Waals surface area contributed by atoms with Gasteiger partial charge in [0.05, 0.1) is 24.7 Å². The highest BCUT2D eigenvalue weighted by Crippen LogP contribution is 2.28. The molecule has 2 aromatic rings. The number of rotatable bonds is 6. The third kappa shape index (κ3) is 4.67. The SMILES string of the molecule is COC(=O)c1ccc(OC(=O)C=Cc2cccc([N+](=O)[O-])c2)c(OC)c1. The Morgan fingerprint density at radius 3 is 2.50 bits per heavy atom. The van der Waals surface area contributed by atoms with Crippen LogP contribution < -0.4 is 9.47 Å². The Labute approximate surface area is 148 Å². The number of ether oxygens (including phenoxy) is 3. The number of nitrogens with zero attached hydrogens (tertiary/aromatic N) is 1. The van der Waals surface area contributed by atoms with E-state index in [1.165, 1.54) is 56.7 Å². The first kappa shape index (κ1) is 18.7. The zero-order valence-electron chi connectivity index (χ0n) is 14.0. The minimum absolute atomic E-state index is 0.0828. The van der Waals surface area contributed by atoms with Gasteiger partial charge in [0, 0.05) is 18.2 Å². The minimum atomic E-state index is -0.708. The number of methoxy groups -OCH3 is 2. The number of benzene rings is 2. The highest BCUT2D eigenvalue weighted by Gasteiger charge is 2.13. The molecule has 0 radical (unpaired) electrons. The highest BCUT2D eigenvalue weighted by atomic mass is 16.6. The van der Waals surface area contributed by atoms with E-state index in [1.807, 2.05) is 0 Å². The van der Waals surface area contributed by atoms with Crippen LogP contribution in [-0.2, 0) is 9.53 Å². The van der Waals surface area contributed by atoms with Crippen LogP contribution in [0.15, 0.2) is 48.5 Å². The van der Waals surface area contributed by atoms with Gasteiger partial charge in [0.1, 0.15) is 0 Å². The van der Waals surface area contributed by atoms with Crippen LogP contribution in [0, 0.1) is 10.1 Å². The molecule has 8 heteroatoms. The van der Waals surface area contributed by atoms with Crippen molar-refractivity contribution in [2.45, 2.75) is 0 Å². The van der Waals surface area contributed by atoms with E-state index in [0.717, 1.165) is 6.08 Å². The Kier molecular flexibility index (Phi) is 6.05. The van der Waals surface area contributed by atoms with Crippen LogP contribution >= 0.6 is 0 Å². The Morgan fingerprint density at radius 1 is 1.08 bits per heavy atom. The second kappa shape index (κ2) is 8.43. The van der Waals surface area contributed by atoms with Crippen LogP contribution in [0.25, 0.3) is 6.08 Å². The predicted octanol–water partition coefficient (Wildman–Crippen LogP) is 3.01. The van der Waals surface area contributed by atoms with Gasteiger partial charge in [-0.3, -0.25) is 10.1 Å². The molecule has 0 aliphatic rings. The molecule has 0 aliphatic heterocycles. The molecular weight excluding hydrogens is 342 g/mol. The lowest BCUT2D eigenvalue weighted by atomic mass is 10.2. The lowest BCUT2D eigenvalue weighted by molar-refractivity contribution is -0.384. The van der Waals surface area contributed by atoms with Gasteiger partial charge in [0.15, 0.2) is 11.5 Å². The molecule has 0 fully saturated rings. The van der Waals surface area contributed by atoms with Gasteiger partial charge in [0.2, 0.25) is 0 Å². The second-order valence-corrected chi connectivity index (χ2v) is 4.96. The van der Waals surface area contributed by atoms with E-state index in [4.69, 9.17) is 9.47 Å². The monoisotopic (exact) mass is 357 g/mol. The van der Waals surface area contributed by atoms with Crippen LogP contribution in [0.1, 0.15) is 15.9 Å². The first-order valence-corrected chi connectivity index (χ1v) is 7.35. The Balaban J connectivity index is 2.13. The Bertz CT molecular complexity index is 874. The molecule has 0 aromatic heterocycles. The van der Waals surface area contributed by atoms with Crippen LogP contribution in [-0.4, -0.2) is 31.1 Å². The lowest BCUT2D eigenvalue weighted by Crippen LogP contribution is -2.07. The Hall–Kier alpha value is -3.68. The minimum Gasteiger partial charge on any atom is -0.493 e. The van der Waals surface area contributed by atoms with Crippen molar-refractivity contribution < 1.29 is 28.7 Å². The van der Waals surface area contributed by atoms with Crippen molar-refractivity contribution in [1.29, 1.82) is 0 Å². The fraction of sp³-hybridized carbons (Fsp3) is 0.111. The molecule has 0 spiro atoms. The number of hydrogen-bond donors (Lipinski definition) is 0. The highest BCUT2D eigenvalue weighted by molar-refractivity contribution is 5.91. The second-order valence-electron chi connectivity index (χ2n) is 4.96. The molecule has 0 bridgehead atoms. The number of non-ortho nitro benzene ring substituents is 1. The van der Waals surface area contributed by atoms with E-state index >= 15 is 0 Å². The summed E-state index contributed by atoms with van der Waals surface area (Å²) in [6.45, 7) is 0. The maximum atomic E-state index is 12.0. The maximum Gasteiger partial charge on any atom is 0.337 e. The summed E-state index contributed by atoms with van der Waals surface area (Å²) < 4.78 is 14.9. The third-order valence-electron chi connectivity index (χ3n) is 3.29. The lowest BCUT2D eigenvalue weighted by Gasteiger charge is -2.09. The van der Waals surface area contributed by atoms with Crippen molar-refractivity contribution in [1.82, 2.24) is 0 Å². The largest absolute Gasteiger partial charge is 0.493 e. The molecule has 2 rings (SSSR count). The number of nitro benzene ring substituents is 1. The molecular formula is C18H15NO7. The number of hydrogen-bond acceptors (Lipinski definition) is 7. The van der Waals surface area contributed by atoms with Gasteiger partial charge in [-0.05, 0) is 29.8 Å². The molecule has 8 nitrogen and oxygen atoms in total. The van der Waals surface area contributed by atoms with Crippen LogP contribution in [0.2, 0.25) is 0 Å². The first-order valence-electron chi connectivity index (χ1n) is 7.35. The van der Waals surface area contributed by atoms with E-state index in [2.05, 4.69) is 4.74 Å². The Morgan fingerprint density at radius 2 is 1.85 bits per heavy atom. The van der Waals surface area contributed by atoms with Crippen LogP contribution in [0.4, 0.5) is 5.69 Å². The number of nitro groups is 1. The number of carbonyl (C=O) groups is 2. The van der Waals surface area contributed by atoms with Gasteiger partial charge in [-0.1, -0.05) is 12.1 Å². The van der Waals surface area contributed by atoms with Gasteiger partial charge in [0.25, 0.3) is 5.69 Å². The van der Waals surface area contributed by atoms with E-state index in [1.54, 1.807) is 6.07 Å². The molecule has 0 heterocycles. The van der Waals surface area contributed by atoms with Crippen molar-refractivity contribution in [3.8, 4) is 11.5 Å². The van der Waals surface area contributed by atoms with Crippen molar-refractivity contribution in [3.63, 3.8) is 0 Å². The van der Waals surface area contributed by atoms with Crippen molar-refractivity contribution >= 4 is 23.7 Å². The van der Waals surface area contributed by atoms with Crippen LogP contribution in [0.5, 0.6) is 11.5 Å². The summed E-state index contributed by atoms with van der Waals surface area (Å²) in [6.07, 6.45) is 2.53. The van der Waals surface area contributed by atoms with Gasteiger partial charge in [-0.2, -0.15) is 0 Å². The molecule has 0 saturated heterocycles. The van der Waals surface area contributed by atoms with Gasteiger partial charge >= 0.3 is 11.9 Å². The summed E-state index contributed by atoms with van der Waals surface area (Å²) in [5, 5.41) is 10.7. The molecule has 0 N–H and O–H groups in total. The van der Waals surface area contributed by atoms with E-state index in [9.17, 15) is 19.7 Å². The first-order chi connectivity index (χ1) is 12.4. The standard InChI is InChI=1S/C18H15NO7/c1-24-16-11-13(18(21)25-2)7-8-15(16)26-17(20)9-6-12-4-3-5-14(10-12)19(22)23/h3-11H,1-2H3. The summed E-state index contributed by atoms with van der Waals surface area (Å²) in [7, 11) is 2.62. The summed E-state index contributed by atoms with van der Waals surface area (Å²) in [4.78, 5) is 33.7. The van der Waals surface area contributed by atoms with E-state index in [-0.39, 0.29) is 22.7 Å². The summed E-state index contributed by atoms with van der Waals surface area (Å²) in [5.41, 5.74) is 0.640. The fourth-order valence-electron chi connectivity index (χ4n) is 2.05. The quantitative estimate of drug-likeness (QED) is 0.257. The molecule has 2 aromatic carbocycles. The third-order valence-corrected chi connectivity index (χ3v) is 3.29. The number of carbonyl (C=O) groups excluding carboxylic acids is 2. The summed E-state index contributed by atoms with van der Waals surface area (Å²) in [5.74, 6) is -0.953. The normalized spacial score (nSPS) is 10.4. The average molecular weight is 357 g/mol. The topological polar surface area (TPSA) is 105 Å². The van der Waals surface area contributed by atoms with Gasteiger partial charge in [-0.15, -0.1) is 0 Å². The predicted molar refractivity (Wildman–Crippen MR) is 92.1 cm³/mol. The van der Waals surface area contributed by atoms with Crippen molar-refractivity contribution in [3.05, 3.63) is 69.8 Å². The molecule has 0 amide bonds. The van der Waals surface area contributed by atoms with E-state index < -0.39 is 16.9 Å². The summed E-state index contributed by atoms with van der Waals surface area (Å²) >= 11 is 0. The molecule has 0 unspecified atom stereocenters. The fourth-order valence-corrected chi connectivity index (χ4v) is 2.05. The molecule has 26 heavy (non-hydrogen) atoms. The number of esters is 2. The van der Waals surface area contributed by atoms with Crippen molar-refractivity contribution in [2.75, 3.05) is 14.2 Å². The molecule has 0 aliphatic carbocycles. The maximum absolute atomic E-state index is 12.0. The van der Waals surface area contributed by atoms with E-state index in [0.29, 0.717) is 5.56 Å².